The van der Waals surface area contributed by atoms with Crippen LogP contribution in [-0.4, -0.2) is 9.91 Å². The van der Waals surface area contributed by atoms with Gasteiger partial charge in [-0.25, -0.2) is 9.37 Å². The third-order valence-corrected chi connectivity index (χ3v) is 2.60. The lowest BCUT2D eigenvalue weighted by Crippen LogP contribution is -1.92. The lowest BCUT2D eigenvalue weighted by molar-refractivity contribution is -0.383. The first-order valence-corrected chi connectivity index (χ1v) is 4.77. The van der Waals surface area contributed by atoms with E-state index in [1.807, 2.05) is 0 Å². The van der Waals surface area contributed by atoms with Crippen LogP contribution in [0.25, 0.3) is 10.8 Å². The van der Waals surface area contributed by atoms with Gasteiger partial charge in [0.2, 0.25) is 0 Å². The van der Waals surface area contributed by atoms with Gasteiger partial charge in [-0.15, -0.1) is 0 Å². The minimum Gasteiger partial charge on any atom is -0.258 e. The molecule has 0 aliphatic heterocycles. The van der Waals surface area contributed by atoms with Gasteiger partial charge < -0.3 is 0 Å². The highest BCUT2D eigenvalue weighted by molar-refractivity contribution is 9.10. The van der Waals surface area contributed by atoms with E-state index in [1.54, 1.807) is 0 Å². The largest absolute Gasteiger partial charge is 0.280 e. The number of non-ortho nitro benzene ring substituents is 1. The Bertz CT molecular complexity index is 559. The van der Waals surface area contributed by atoms with Crippen molar-refractivity contribution >= 4 is 32.4 Å². The number of benzene rings is 1. The van der Waals surface area contributed by atoms with Gasteiger partial charge in [0.25, 0.3) is 5.69 Å². The Balaban J connectivity index is 2.92. The number of nitro groups is 1. The van der Waals surface area contributed by atoms with Crippen molar-refractivity contribution < 1.29 is 9.31 Å². The second kappa shape index (κ2) is 3.54. The molecule has 0 atom stereocenters. The summed E-state index contributed by atoms with van der Waals surface area (Å²) in [6.45, 7) is 0. The maximum absolute atomic E-state index is 13.1. The number of pyridine rings is 1. The molecule has 0 saturated carbocycles. The zero-order valence-corrected chi connectivity index (χ0v) is 8.86. The number of nitro benzene ring substituents is 1. The molecule has 0 spiro atoms. The fraction of sp³-hybridized carbons (Fsp3) is 0. The molecule has 0 aliphatic carbocycles. The Kier molecular flexibility index (Phi) is 2.36. The fourth-order valence-corrected chi connectivity index (χ4v) is 1.79. The van der Waals surface area contributed by atoms with Crippen LogP contribution in [0.5, 0.6) is 0 Å². The first kappa shape index (κ1) is 9.97. The van der Waals surface area contributed by atoms with Gasteiger partial charge >= 0.3 is 0 Å². The number of aromatic nitrogens is 1. The van der Waals surface area contributed by atoms with Gasteiger partial charge in [0.05, 0.1) is 16.4 Å². The van der Waals surface area contributed by atoms with Crippen molar-refractivity contribution in [3.63, 3.8) is 0 Å². The molecule has 2 rings (SSSR count). The lowest BCUT2D eigenvalue weighted by Gasteiger charge is -2.01. The predicted octanol–water partition coefficient (Wildman–Crippen LogP) is 3.04. The molecule has 76 valence electrons. The minimum atomic E-state index is -0.650. The number of hydrogen-bond acceptors (Lipinski definition) is 3. The summed E-state index contributed by atoms with van der Waals surface area (Å²) in [4.78, 5) is 13.9. The van der Waals surface area contributed by atoms with E-state index in [1.165, 1.54) is 18.3 Å². The van der Waals surface area contributed by atoms with Crippen molar-refractivity contribution in [3.8, 4) is 0 Å². The maximum atomic E-state index is 13.1. The molecule has 1 aromatic heterocycles. The van der Waals surface area contributed by atoms with Gasteiger partial charge in [-0.05, 0) is 28.1 Å². The molecule has 1 aromatic carbocycles. The average molecular weight is 271 g/mol. The summed E-state index contributed by atoms with van der Waals surface area (Å²) in [6, 6.07) is 3.59. The quantitative estimate of drug-likeness (QED) is 0.455. The van der Waals surface area contributed by atoms with Crippen molar-refractivity contribution in [3.05, 3.63) is 44.9 Å². The van der Waals surface area contributed by atoms with Gasteiger partial charge in [-0.2, -0.15) is 0 Å². The van der Waals surface area contributed by atoms with Crippen molar-refractivity contribution in [2.75, 3.05) is 0 Å². The number of hydrogen-bond donors (Lipinski definition) is 0. The van der Waals surface area contributed by atoms with Crippen LogP contribution in [0.15, 0.2) is 29.0 Å². The number of halogens is 2. The van der Waals surface area contributed by atoms with Crippen LogP contribution in [0.1, 0.15) is 0 Å². The molecule has 0 saturated heterocycles. The molecule has 6 heteroatoms. The maximum Gasteiger partial charge on any atom is 0.280 e. The molecular formula is C9H4BrFN2O2. The summed E-state index contributed by atoms with van der Waals surface area (Å²) >= 11 is 3.11. The molecule has 0 amide bonds. The minimum absolute atomic E-state index is 0.256. The molecule has 0 radical (unpaired) electrons. The van der Waals surface area contributed by atoms with Crippen molar-refractivity contribution in [1.82, 2.24) is 4.98 Å². The van der Waals surface area contributed by atoms with E-state index in [0.29, 0.717) is 15.4 Å². The van der Waals surface area contributed by atoms with Crippen LogP contribution in [0.2, 0.25) is 0 Å². The van der Waals surface area contributed by atoms with E-state index in [-0.39, 0.29) is 5.69 Å². The van der Waals surface area contributed by atoms with Gasteiger partial charge in [0.15, 0.2) is 0 Å². The second-order valence-corrected chi connectivity index (χ2v) is 3.63. The van der Waals surface area contributed by atoms with E-state index in [9.17, 15) is 14.5 Å². The smallest absolute Gasteiger partial charge is 0.258 e. The zero-order valence-electron chi connectivity index (χ0n) is 7.28. The summed E-state index contributed by atoms with van der Waals surface area (Å²) in [7, 11) is 0. The molecule has 1 heterocycles. The zero-order chi connectivity index (χ0) is 11.0. The van der Waals surface area contributed by atoms with Crippen molar-refractivity contribution in [2.24, 2.45) is 0 Å². The standard InChI is InChI=1S/C9H4BrFN2O2/c10-9-7-3-5(11)4-8(13(14)15)6(7)1-2-12-9/h1-4H. The molecule has 2 aromatic rings. The van der Waals surface area contributed by atoms with Gasteiger partial charge in [0.1, 0.15) is 10.4 Å². The van der Waals surface area contributed by atoms with Crippen LogP contribution >= 0.6 is 15.9 Å². The third kappa shape index (κ3) is 1.68. The van der Waals surface area contributed by atoms with Gasteiger partial charge in [0, 0.05) is 11.6 Å². The van der Waals surface area contributed by atoms with E-state index in [2.05, 4.69) is 20.9 Å². The Labute approximate surface area is 92.0 Å². The molecule has 0 unspecified atom stereocenters. The molecule has 0 aliphatic rings. The van der Waals surface area contributed by atoms with Crippen molar-refractivity contribution in [2.45, 2.75) is 0 Å². The summed E-state index contributed by atoms with van der Waals surface area (Å²) in [6.07, 6.45) is 1.43. The fourth-order valence-electron chi connectivity index (χ4n) is 1.35. The van der Waals surface area contributed by atoms with E-state index in [0.717, 1.165) is 6.07 Å². The molecule has 15 heavy (non-hydrogen) atoms. The number of rotatable bonds is 1. The number of nitrogens with zero attached hydrogens (tertiary/aromatic N) is 2. The van der Waals surface area contributed by atoms with Crippen LogP contribution in [-0.2, 0) is 0 Å². The average Bonchev–Trinajstić information content (AvgIpc) is 2.18. The monoisotopic (exact) mass is 270 g/mol. The third-order valence-electron chi connectivity index (χ3n) is 1.97. The van der Waals surface area contributed by atoms with E-state index < -0.39 is 10.7 Å². The Morgan fingerprint density at radius 1 is 1.40 bits per heavy atom. The summed E-state index contributed by atoms with van der Waals surface area (Å²) in [5.41, 5.74) is -0.256. The molecule has 0 N–H and O–H groups in total. The summed E-state index contributed by atoms with van der Waals surface area (Å²) in [5, 5.41) is 11.4. The molecule has 4 nitrogen and oxygen atoms in total. The second-order valence-electron chi connectivity index (χ2n) is 2.88. The van der Waals surface area contributed by atoms with Gasteiger partial charge in [-0.1, -0.05) is 0 Å². The van der Waals surface area contributed by atoms with Crippen LogP contribution in [0.3, 0.4) is 0 Å². The van der Waals surface area contributed by atoms with E-state index >= 15 is 0 Å². The van der Waals surface area contributed by atoms with Crippen molar-refractivity contribution in [1.29, 1.82) is 0 Å². The molecule has 0 fully saturated rings. The van der Waals surface area contributed by atoms with E-state index in [4.69, 9.17) is 0 Å². The first-order chi connectivity index (χ1) is 7.09. The van der Waals surface area contributed by atoms with Crippen LogP contribution in [0, 0.1) is 15.9 Å². The number of fused-ring (bicyclic) bond motifs is 1. The highest BCUT2D eigenvalue weighted by atomic mass is 79.9. The summed E-state index contributed by atoms with van der Waals surface area (Å²) in [5.74, 6) is -0.650. The Morgan fingerprint density at radius 2 is 2.13 bits per heavy atom. The Morgan fingerprint density at radius 3 is 2.80 bits per heavy atom. The Hall–Kier alpha value is -1.56. The normalized spacial score (nSPS) is 10.5. The summed E-state index contributed by atoms with van der Waals surface area (Å²) < 4.78 is 13.5. The van der Waals surface area contributed by atoms with Crippen LogP contribution in [0.4, 0.5) is 10.1 Å². The highest BCUT2D eigenvalue weighted by Gasteiger charge is 2.15. The topological polar surface area (TPSA) is 56.0 Å². The van der Waals surface area contributed by atoms with Crippen LogP contribution < -0.4 is 0 Å². The predicted molar refractivity (Wildman–Crippen MR) is 56.1 cm³/mol. The molecule has 0 bridgehead atoms. The SMILES string of the molecule is O=[N+]([O-])c1cc(F)cc2c(Br)nccc12. The lowest BCUT2D eigenvalue weighted by atomic mass is 10.1. The first-order valence-electron chi connectivity index (χ1n) is 3.98. The molecular weight excluding hydrogens is 267 g/mol. The highest BCUT2D eigenvalue weighted by Crippen LogP contribution is 2.30. The van der Waals surface area contributed by atoms with Gasteiger partial charge in [-0.3, -0.25) is 10.1 Å².